The summed E-state index contributed by atoms with van der Waals surface area (Å²) < 4.78 is 0. The van der Waals surface area contributed by atoms with Crippen LogP contribution in [0.2, 0.25) is 0 Å². The highest BCUT2D eigenvalue weighted by atomic mass is 16.4. The molecule has 0 aliphatic carbocycles. The molecule has 0 bridgehead atoms. The summed E-state index contributed by atoms with van der Waals surface area (Å²) in [5.41, 5.74) is 1.18. The van der Waals surface area contributed by atoms with Gasteiger partial charge < -0.3 is 15.7 Å². The molecule has 0 saturated heterocycles. The Balaban J connectivity index is 2.65. The lowest BCUT2D eigenvalue weighted by Gasteiger charge is -2.11. The Kier molecular flexibility index (Phi) is 4.92. The maximum atomic E-state index is 11.6. The van der Waals surface area contributed by atoms with Crippen LogP contribution in [0.15, 0.2) is 36.9 Å². The quantitative estimate of drug-likeness (QED) is 0.666. The average molecular weight is 248 g/mol. The van der Waals surface area contributed by atoms with Gasteiger partial charge in [0.2, 0.25) is 0 Å². The number of benzene rings is 1. The zero-order valence-corrected chi connectivity index (χ0v) is 10.1. The number of carbonyl (C=O) groups is 2. The van der Waals surface area contributed by atoms with Crippen LogP contribution >= 0.6 is 0 Å². The molecule has 96 valence electrons. The van der Waals surface area contributed by atoms with E-state index in [0.717, 1.165) is 0 Å². The fourth-order valence-electron chi connectivity index (χ4n) is 1.30. The molecule has 1 amide bonds. The van der Waals surface area contributed by atoms with Crippen LogP contribution in [0.4, 0.5) is 5.69 Å². The summed E-state index contributed by atoms with van der Waals surface area (Å²) in [5, 5.41) is 14.2. The van der Waals surface area contributed by atoms with Gasteiger partial charge in [0.25, 0.3) is 5.91 Å². The predicted octanol–water partition coefficient (Wildman–Crippen LogP) is 1.49. The molecule has 0 radical (unpaired) electrons. The molecule has 1 aromatic rings. The summed E-state index contributed by atoms with van der Waals surface area (Å²) in [7, 11) is 0. The van der Waals surface area contributed by atoms with Crippen LogP contribution in [0.5, 0.6) is 0 Å². The molecule has 3 N–H and O–H groups in total. The molecule has 1 unspecified atom stereocenters. The fourth-order valence-corrected chi connectivity index (χ4v) is 1.30. The van der Waals surface area contributed by atoms with Crippen LogP contribution in [-0.2, 0) is 4.79 Å². The lowest BCUT2D eigenvalue weighted by Crippen LogP contribution is -2.25. The molecular weight excluding hydrogens is 232 g/mol. The minimum atomic E-state index is -0.928. The Morgan fingerprint density at radius 1 is 1.39 bits per heavy atom. The van der Waals surface area contributed by atoms with Gasteiger partial charge in [-0.15, -0.1) is 6.58 Å². The maximum Gasteiger partial charge on any atom is 0.325 e. The lowest BCUT2D eigenvalue weighted by atomic mass is 10.2. The zero-order valence-electron chi connectivity index (χ0n) is 10.1. The number of carboxylic acid groups (broad SMARTS) is 1. The number of anilines is 1. The zero-order chi connectivity index (χ0) is 13.5. The van der Waals surface area contributed by atoms with Crippen LogP contribution in [-0.4, -0.2) is 29.6 Å². The summed E-state index contributed by atoms with van der Waals surface area (Å²) >= 11 is 0. The summed E-state index contributed by atoms with van der Waals surface area (Å²) in [6.45, 7) is 5.47. The molecule has 0 heterocycles. The van der Waals surface area contributed by atoms with Gasteiger partial charge in [-0.3, -0.25) is 9.59 Å². The van der Waals surface area contributed by atoms with Crippen molar-refractivity contribution in [2.75, 3.05) is 11.9 Å². The van der Waals surface area contributed by atoms with Gasteiger partial charge in [-0.1, -0.05) is 6.08 Å². The van der Waals surface area contributed by atoms with E-state index in [9.17, 15) is 9.59 Å². The van der Waals surface area contributed by atoms with Gasteiger partial charge in [-0.25, -0.2) is 0 Å². The second-order valence-corrected chi connectivity index (χ2v) is 3.78. The standard InChI is InChI=1S/C13H16N2O3/c1-3-8-14-12(16)10-4-6-11(7-5-10)15-9(2)13(17)18/h3-7,9,15H,1,8H2,2H3,(H,14,16)(H,17,18). The lowest BCUT2D eigenvalue weighted by molar-refractivity contribution is -0.137. The second kappa shape index (κ2) is 6.44. The van der Waals surface area contributed by atoms with Gasteiger partial charge in [-0.05, 0) is 31.2 Å². The van der Waals surface area contributed by atoms with E-state index in [-0.39, 0.29) is 5.91 Å². The maximum absolute atomic E-state index is 11.6. The van der Waals surface area contributed by atoms with Gasteiger partial charge in [-0.2, -0.15) is 0 Å². The predicted molar refractivity (Wildman–Crippen MR) is 69.7 cm³/mol. The number of nitrogens with one attached hydrogen (secondary N) is 2. The van der Waals surface area contributed by atoms with Crippen molar-refractivity contribution < 1.29 is 14.7 Å². The first-order chi connectivity index (χ1) is 8.54. The highest BCUT2D eigenvalue weighted by molar-refractivity contribution is 5.94. The van der Waals surface area contributed by atoms with Crippen molar-refractivity contribution in [2.24, 2.45) is 0 Å². The van der Waals surface area contributed by atoms with Crippen LogP contribution in [0.1, 0.15) is 17.3 Å². The number of hydrogen-bond donors (Lipinski definition) is 3. The molecule has 18 heavy (non-hydrogen) atoms. The van der Waals surface area contributed by atoms with Gasteiger partial charge in [0.15, 0.2) is 0 Å². The molecular formula is C13H16N2O3. The van der Waals surface area contributed by atoms with E-state index in [0.29, 0.717) is 17.8 Å². The number of carbonyl (C=O) groups excluding carboxylic acids is 1. The normalized spacial score (nSPS) is 11.4. The van der Waals surface area contributed by atoms with Crippen LogP contribution in [0.25, 0.3) is 0 Å². The van der Waals surface area contributed by atoms with E-state index < -0.39 is 12.0 Å². The molecule has 0 aliphatic heterocycles. The van der Waals surface area contributed by atoms with E-state index in [1.807, 2.05) is 0 Å². The minimum Gasteiger partial charge on any atom is -0.480 e. The number of carboxylic acids is 1. The highest BCUT2D eigenvalue weighted by Crippen LogP contribution is 2.10. The number of rotatable bonds is 6. The summed E-state index contributed by atoms with van der Waals surface area (Å²) in [5.74, 6) is -1.12. The fraction of sp³-hybridized carbons (Fsp3) is 0.231. The van der Waals surface area contributed by atoms with Crippen LogP contribution in [0, 0.1) is 0 Å². The van der Waals surface area contributed by atoms with E-state index >= 15 is 0 Å². The van der Waals surface area contributed by atoms with Gasteiger partial charge >= 0.3 is 5.97 Å². The third-order valence-corrected chi connectivity index (χ3v) is 2.31. The molecule has 5 nitrogen and oxygen atoms in total. The second-order valence-electron chi connectivity index (χ2n) is 3.78. The summed E-state index contributed by atoms with van der Waals surface area (Å²) in [4.78, 5) is 22.2. The van der Waals surface area contributed by atoms with E-state index in [1.54, 1.807) is 37.3 Å². The van der Waals surface area contributed by atoms with Crippen LogP contribution < -0.4 is 10.6 Å². The Hall–Kier alpha value is -2.30. The van der Waals surface area contributed by atoms with E-state index in [1.165, 1.54) is 0 Å². The van der Waals surface area contributed by atoms with Gasteiger partial charge in [0.05, 0.1) is 0 Å². The number of hydrogen-bond acceptors (Lipinski definition) is 3. The molecule has 0 spiro atoms. The Labute approximate surface area is 106 Å². The third kappa shape index (κ3) is 3.93. The molecule has 0 saturated carbocycles. The van der Waals surface area contributed by atoms with Crippen molar-refractivity contribution in [1.82, 2.24) is 5.32 Å². The third-order valence-electron chi connectivity index (χ3n) is 2.31. The van der Waals surface area contributed by atoms with Crippen molar-refractivity contribution in [3.8, 4) is 0 Å². The Morgan fingerprint density at radius 3 is 2.50 bits per heavy atom. The molecule has 1 atom stereocenters. The average Bonchev–Trinajstić information content (AvgIpc) is 2.36. The molecule has 0 aliphatic rings. The smallest absolute Gasteiger partial charge is 0.325 e. The Bertz CT molecular complexity index is 440. The van der Waals surface area contributed by atoms with Crippen molar-refractivity contribution in [3.63, 3.8) is 0 Å². The molecule has 0 fully saturated rings. The van der Waals surface area contributed by atoms with Gasteiger partial charge in [0, 0.05) is 17.8 Å². The first-order valence-electron chi connectivity index (χ1n) is 5.53. The van der Waals surface area contributed by atoms with Crippen molar-refractivity contribution in [3.05, 3.63) is 42.5 Å². The minimum absolute atomic E-state index is 0.187. The monoisotopic (exact) mass is 248 g/mol. The summed E-state index contributed by atoms with van der Waals surface area (Å²) in [6, 6.07) is 5.93. The number of aliphatic carboxylic acids is 1. The first-order valence-corrected chi connectivity index (χ1v) is 5.53. The molecule has 0 aromatic heterocycles. The van der Waals surface area contributed by atoms with Crippen molar-refractivity contribution in [2.45, 2.75) is 13.0 Å². The Morgan fingerprint density at radius 2 is 2.00 bits per heavy atom. The van der Waals surface area contributed by atoms with E-state index in [4.69, 9.17) is 5.11 Å². The van der Waals surface area contributed by atoms with Crippen LogP contribution in [0.3, 0.4) is 0 Å². The SMILES string of the molecule is C=CCNC(=O)c1ccc(NC(C)C(=O)O)cc1. The molecule has 5 heteroatoms. The van der Waals surface area contributed by atoms with E-state index in [2.05, 4.69) is 17.2 Å². The highest BCUT2D eigenvalue weighted by Gasteiger charge is 2.10. The van der Waals surface area contributed by atoms with Crippen molar-refractivity contribution >= 4 is 17.6 Å². The van der Waals surface area contributed by atoms with Gasteiger partial charge in [0.1, 0.15) is 6.04 Å². The number of amides is 1. The topological polar surface area (TPSA) is 78.4 Å². The largest absolute Gasteiger partial charge is 0.480 e. The van der Waals surface area contributed by atoms with Crippen molar-refractivity contribution in [1.29, 1.82) is 0 Å². The summed E-state index contributed by atoms with van der Waals surface area (Å²) in [6.07, 6.45) is 1.60. The molecule has 1 rings (SSSR count). The first kappa shape index (κ1) is 13.8. The molecule has 1 aromatic carbocycles.